The van der Waals surface area contributed by atoms with Crippen LogP contribution >= 0.6 is 0 Å². The number of benzene rings is 1. The van der Waals surface area contributed by atoms with E-state index in [-0.39, 0.29) is 0 Å². The number of nitrogens with one attached hydrogen (secondary N) is 2. The molecule has 1 aliphatic rings. The van der Waals surface area contributed by atoms with Crippen LogP contribution in [-0.4, -0.2) is 21.0 Å². The van der Waals surface area contributed by atoms with Crippen molar-refractivity contribution < 1.29 is 8.42 Å². The molecule has 1 fully saturated rings. The Morgan fingerprint density at radius 3 is 2.57 bits per heavy atom. The van der Waals surface area contributed by atoms with Gasteiger partial charge in [0.25, 0.3) is 0 Å². The zero-order valence-electron chi connectivity index (χ0n) is 13.3. The highest BCUT2D eigenvalue weighted by atomic mass is 32.2. The SMILES string of the molecule is Cc1ccc(S(=O)(=O)NCC2CC2C)cc1CNC(C)C. The molecular weight excluding hydrogens is 284 g/mol. The van der Waals surface area contributed by atoms with Crippen LogP contribution in [0.5, 0.6) is 0 Å². The van der Waals surface area contributed by atoms with Gasteiger partial charge in [-0.1, -0.05) is 26.8 Å². The van der Waals surface area contributed by atoms with Crippen molar-refractivity contribution in [2.45, 2.75) is 51.6 Å². The molecule has 0 saturated heterocycles. The first-order valence-electron chi connectivity index (χ1n) is 7.62. The van der Waals surface area contributed by atoms with Gasteiger partial charge in [0.1, 0.15) is 0 Å². The average molecular weight is 310 g/mol. The average Bonchev–Trinajstić information content (AvgIpc) is 3.11. The molecule has 21 heavy (non-hydrogen) atoms. The molecule has 0 radical (unpaired) electrons. The molecule has 4 nitrogen and oxygen atoms in total. The Hall–Kier alpha value is -0.910. The zero-order chi connectivity index (χ0) is 15.6. The molecule has 0 aliphatic heterocycles. The van der Waals surface area contributed by atoms with Crippen LogP contribution in [0.2, 0.25) is 0 Å². The summed E-state index contributed by atoms with van der Waals surface area (Å²) in [5.74, 6) is 1.16. The lowest BCUT2D eigenvalue weighted by Crippen LogP contribution is -2.27. The molecule has 118 valence electrons. The normalized spacial score (nSPS) is 21.8. The van der Waals surface area contributed by atoms with E-state index in [1.165, 1.54) is 0 Å². The van der Waals surface area contributed by atoms with Gasteiger partial charge in [-0.3, -0.25) is 0 Å². The van der Waals surface area contributed by atoms with E-state index < -0.39 is 10.0 Å². The molecule has 5 heteroatoms. The van der Waals surface area contributed by atoms with Gasteiger partial charge in [0.2, 0.25) is 10.0 Å². The standard InChI is InChI=1S/C16H26N2O2S/c1-11(2)17-9-15-8-16(6-5-12(15)3)21(19,20)18-10-14-7-13(14)4/h5-6,8,11,13-14,17-18H,7,9-10H2,1-4H3. The molecular formula is C16H26N2O2S. The van der Waals surface area contributed by atoms with E-state index in [4.69, 9.17) is 0 Å². The third-order valence-corrected chi connectivity index (χ3v) is 5.56. The summed E-state index contributed by atoms with van der Waals surface area (Å²) >= 11 is 0. The first-order chi connectivity index (χ1) is 9.79. The second-order valence-electron chi connectivity index (χ2n) is 6.45. The summed E-state index contributed by atoms with van der Waals surface area (Å²) in [6.07, 6.45) is 1.12. The molecule has 0 bridgehead atoms. The number of rotatable bonds is 7. The predicted molar refractivity (Wildman–Crippen MR) is 85.6 cm³/mol. The first-order valence-corrected chi connectivity index (χ1v) is 9.10. The number of aryl methyl sites for hydroxylation is 1. The number of sulfonamides is 1. The van der Waals surface area contributed by atoms with Gasteiger partial charge in [0, 0.05) is 19.1 Å². The van der Waals surface area contributed by atoms with Gasteiger partial charge in [-0.2, -0.15) is 0 Å². The van der Waals surface area contributed by atoms with Crippen LogP contribution in [0.1, 0.15) is 38.3 Å². The largest absolute Gasteiger partial charge is 0.310 e. The molecule has 2 unspecified atom stereocenters. The van der Waals surface area contributed by atoms with Crippen LogP contribution in [-0.2, 0) is 16.6 Å². The topological polar surface area (TPSA) is 58.2 Å². The van der Waals surface area contributed by atoms with Crippen molar-refractivity contribution in [1.82, 2.24) is 10.0 Å². The lowest BCUT2D eigenvalue weighted by molar-refractivity contribution is 0.573. The van der Waals surface area contributed by atoms with Gasteiger partial charge < -0.3 is 5.32 Å². The maximum atomic E-state index is 12.3. The fourth-order valence-electron chi connectivity index (χ4n) is 2.30. The van der Waals surface area contributed by atoms with E-state index in [0.717, 1.165) is 17.5 Å². The molecule has 1 aliphatic carbocycles. The Labute approximate surface area is 128 Å². The van der Waals surface area contributed by atoms with Gasteiger partial charge in [-0.15, -0.1) is 0 Å². The minimum Gasteiger partial charge on any atom is -0.310 e. The molecule has 2 N–H and O–H groups in total. The summed E-state index contributed by atoms with van der Waals surface area (Å²) < 4.78 is 27.4. The fourth-order valence-corrected chi connectivity index (χ4v) is 3.45. The summed E-state index contributed by atoms with van der Waals surface area (Å²) in [5.41, 5.74) is 2.14. The lowest BCUT2D eigenvalue weighted by atomic mass is 10.1. The summed E-state index contributed by atoms with van der Waals surface area (Å²) in [5, 5.41) is 3.33. The molecule has 1 aromatic carbocycles. The van der Waals surface area contributed by atoms with E-state index >= 15 is 0 Å². The summed E-state index contributed by atoms with van der Waals surface area (Å²) in [6.45, 7) is 9.56. The van der Waals surface area contributed by atoms with Crippen LogP contribution in [0.25, 0.3) is 0 Å². The Bertz CT molecular complexity index is 596. The monoisotopic (exact) mass is 310 g/mol. The third kappa shape index (κ3) is 4.53. The van der Waals surface area contributed by atoms with E-state index in [1.54, 1.807) is 12.1 Å². The van der Waals surface area contributed by atoms with Crippen molar-refractivity contribution in [1.29, 1.82) is 0 Å². The van der Waals surface area contributed by atoms with Crippen molar-refractivity contribution in [3.63, 3.8) is 0 Å². The van der Waals surface area contributed by atoms with E-state index in [9.17, 15) is 8.42 Å². The number of hydrogen-bond donors (Lipinski definition) is 2. The fraction of sp³-hybridized carbons (Fsp3) is 0.625. The highest BCUT2D eigenvalue weighted by molar-refractivity contribution is 7.89. The second-order valence-corrected chi connectivity index (χ2v) is 8.22. The van der Waals surface area contributed by atoms with Gasteiger partial charge >= 0.3 is 0 Å². The van der Waals surface area contributed by atoms with Crippen molar-refractivity contribution >= 4 is 10.0 Å². The summed E-state index contributed by atoms with van der Waals surface area (Å²) in [4.78, 5) is 0.363. The van der Waals surface area contributed by atoms with Gasteiger partial charge in [-0.25, -0.2) is 13.1 Å². The van der Waals surface area contributed by atoms with Crippen LogP contribution in [0.4, 0.5) is 0 Å². The Morgan fingerprint density at radius 1 is 1.33 bits per heavy atom. The minimum atomic E-state index is -3.39. The Morgan fingerprint density at radius 2 is 2.00 bits per heavy atom. The molecule has 2 rings (SSSR count). The lowest BCUT2D eigenvalue weighted by Gasteiger charge is -2.13. The summed E-state index contributed by atoms with van der Waals surface area (Å²) in [7, 11) is -3.39. The maximum absolute atomic E-state index is 12.3. The molecule has 0 heterocycles. The minimum absolute atomic E-state index is 0.363. The van der Waals surface area contributed by atoms with Crippen molar-refractivity contribution in [2.24, 2.45) is 11.8 Å². The van der Waals surface area contributed by atoms with Crippen molar-refractivity contribution in [3.8, 4) is 0 Å². The van der Waals surface area contributed by atoms with E-state index in [0.29, 0.717) is 35.9 Å². The summed E-state index contributed by atoms with van der Waals surface area (Å²) in [6, 6.07) is 5.72. The molecule has 0 aromatic heterocycles. The van der Waals surface area contributed by atoms with Crippen LogP contribution in [0.3, 0.4) is 0 Å². The van der Waals surface area contributed by atoms with E-state index in [2.05, 4.69) is 30.8 Å². The van der Waals surface area contributed by atoms with Crippen LogP contribution in [0.15, 0.2) is 23.1 Å². The predicted octanol–water partition coefficient (Wildman–Crippen LogP) is 2.43. The zero-order valence-corrected chi connectivity index (χ0v) is 14.1. The third-order valence-electron chi connectivity index (χ3n) is 4.14. The highest BCUT2D eigenvalue weighted by Crippen LogP contribution is 2.37. The van der Waals surface area contributed by atoms with Gasteiger partial charge in [0.05, 0.1) is 4.90 Å². The maximum Gasteiger partial charge on any atom is 0.240 e. The van der Waals surface area contributed by atoms with E-state index in [1.807, 2.05) is 13.0 Å². The van der Waals surface area contributed by atoms with Crippen molar-refractivity contribution in [2.75, 3.05) is 6.54 Å². The second kappa shape index (κ2) is 6.46. The molecule has 1 aromatic rings. The van der Waals surface area contributed by atoms with Gasteiger partial charge in [0.15, 0.2) is 0 Å². The molecule has 0 amide bonds. The van der Waals surface area contributed by atoms with Crippen LogP contribution < -0.4 is 10.0 Å². The van der Waals surface area contributed by atoms with Crippen LogP contribution in [0, 0.1) is 18.8 Å². The van der Waals surface area contributed by atoms with Gasteiger partial charge in [-0.05, 0) is 48.4 Å². The first kappa shape index (κ1) is 16.5. The smallest absolute Gasteiger partial charge is 0.240 e. The Kier molecular flexibility index (Phi) is 5.07. The Balaban J connectivity index is 2.09. The molecule has 0 spiro atoms. The number of hydrogen-bond acceptors (Lipinski definition) is 3. The highest BCUT2D eigenvalue weighted by Gasteiger charge is 2.33. The molecule has 1 saturated carbocycles. The van der Waals surface area contributed by atoms with Crippen molar-refractivity contribution in [3.05, 3.63) is 29.3 Å². The molecule has 2 atom stereocenters. The quantitative estimate of drug-likeness (QED) is 0.813.